The van der Waals surface area contributed by atoms with Crippen LogP contribution in [0.15, 0.2) is 18.2 Å². The van der Waals surface area contributed by atoms with Gasteiger partial charge in [-0.1, -0.05) is 0 Å². The Hall–Kier alpha value is -1.34. The molecule has 0 aromatic heterocycles. The van der Waals surface area contributed by atoms with Crippen LogP contribution in [-0.4, -0.2) is 40.1 Å². The van der Waals surface area contributed by atoms with Crippen molar-refractivity contribution in [1.82, 2.24) is 10.2 Å². The van der Waals surface area contributed by atoms with Gasteiger partial charge < -0.3 is 4.90 Å². The summed E-state index contributed by atoms with van der Waals surface area (Å²) < 4.78 is 37.7. The van der Waals surface area contributed by atoms with Crippen molar-refractivity contribution in [3.05, 3.63) is 35.4 Å². The second kappa shape index (κ2) is 6.41. The zero-order valence-corrected chi connectivity index (χ0v) is 11.9. The van der Waals surface area contributed by atoms with Gasteiger partial charge in [0, 0.05) is 41.0 Å². The van der Waals surface area contributed by atoms with Crippen LogP contribution in [0, 0.1) is 11.6 Å². The summed E-state index contributed by atoms with van der Waals surface area (Å²) in [6.45, 7) is 0.517. The first-order chi connectivity index (χ1) is 9.49. The number of amides is 1. The molecule has 7 heteroatoms. The van der Waals surface area contributed by atoms with Crippen LogP contribution in [-0.2, 0) is 15.6 Å². The molecule has 0 aliphatic carbocycles. The monoisotopic (exact) mass is 302 g/mol. The Kier molecular flexibility index (Phi) is 4.82. The molecule has 0 saturated carbocycles. The summed E-state index contributed by atoms with van der Waals surface area (Å²) in [7, 11) is -0.922. The summed E-state index contributed by atoms with van der Waals surface area (Å²) >= 11 is 0. The first-order valence-corrected chi connectivity index (χ1v) is 7.99. The number of carbonyl (C=O) groups excluding carboxylic acids is 1. The van der Waals surface area contributed by atoms with E-state index < -0.39 is 28.6 Å². The molecule has 0 radical (unpaired) electrons. The smallest absolute Gasteiger partial charge is 0.238 e. The van der Waals surface area contributed by atoms with Crippen molar-refractivity contribution in [3.8, 4) is 0 Å². The molecule has 4 nitrogen and oxygen atoms in total. The van der Waals surface area contributed by atoms with Crippen LogP contribution in [0.25, 0.3) is 0 Å². The Balaban J connectivity index is 2.12. The predicted octanol–water partition coefficient (Wildman–Crippen LogP) is 1.16. The van der Waals surface area contributed by atoms with Crippen molar-refractivity contribution in [1.29, 1.82) is 0 Å². The summed E-state index contributed by atoms with van der Waals surface area (Å²) in [5, 5.41) is 2.91. The van der Waals surface area contributed by atoms with Crippen LogP contribution in [0.1, 0.15) is 18.2 Å². The van der Waals surface area contributed by atoms with E-state index in [1.54, 1.807) is 6.26 Å². The lowest BCUT2D eigenvalue weighted by Gasteiger charge is -2.24. The van der Waals surface area contributed by atoms with E-state index in [9.17, 15) is 17.8 Å². The first-order valence-electron chi connectivity index (χ1n) is 6.27. The van der Waals surface area contributed by atoms with Crippen molar-refractivity contribution in [2.75, 3.05) is 25.1 Å². The molecule has 1 aromatic carbocycles. The van der Waals surface area contributed by atoms with Gasteiger partial charge in [0.25, 0.3) is 0 Å². The molecule has 0 spiro atoms. The Morgan fingerprint density at radius 3 is 2.85 bits per heavy atom. The van der Waals surface area contributed by atoms with Crippen LogP contribution in [0.3, 0.4) is 0 Å². The fourth-order valence-electron chi connectivity index (χ4n) is 2.23. The number of nitrogens with one attached hydrogen (secondary N) is 1. The minimum Gasteiger partial charge on any atom is -0.322 e. The van der Waals surface area contributed by atoms with Crippen molar-refractivity contribution in [3.63, 3.8) is 0 Å². The van der Waals surface area contributed by atoms with Crippen molar-refractivity contribution < 1.29 is 17.8 Å². The van der Waals surface area contributed by atoms with Crippen LogP contribution < -0.4 is 5.32 Å². The van der Waals surface area contributed by atoms with Gasteiger partial charge in [-0.2, -0.15) is 0 Å². The largest absolute Gasteiger partial charge is 0.322 e. The number of hydrogen-bond donors (Lipinski definition) is 1. The topological polar surface area (TPSA) is 49.4 Å². The van der Waals surface area contributed by atoms with Crippen molar-refractivity contribution >= 4 is 16.7 Å². The van der Waals surface area contributed by atoms with Gasteiger partial charge >= 0.3 is 0 Å². The molecule has 2 atom stereocenters. The van der Waals surface area contributed by atoms with Crippen LogP contribution in [0.4, 0.5) is 8.78 Å². The van der Waals surface area contributed by atoms with E-state index >= 15 is 0 Å². The van der Waals surface area contributed by atoms with E-state index in [-0.39, 0.29) is 18.0 Å². The number of rotatable bonds is 5. The van der Waals surface area contributed by atoms with Gasteiger partial charge in [-0.25, -0.2) is 8.78 Å². The molecule has 1 heterocycles. The third-order valence-electron chi connectivity index (χ3n) is 3.17. The number of hydrogen-bond acceptors (Lipinski definition) is 3. The minimum absolute atomic E-state index is 0.122. The third kappa shape index (κ3) is 3.40. The number of benzene rings is 1. The number of carbonyl (C=O) groups is 1. The Morgan fingerprint density at radius 1 is 1.45 bits per heavy atom. The summed E-state index contributed by atoms with van der Waals surface area (Å²) in [6.07, 6.45) is 1.59. The SMILES string of the molecule is CS(=O)CCCN1C(=O)CNC1c1ccc(F)cc1F. The highest BCUT2D eigenvalue weighted by Gasteiger charge is 2.32. The molecule has 2 unspecified atom stereocenters. The standard InChI is InChI=1S/C13H16F2N2O2S/c1-20(19)6-2-5-17-12(18)8-16-13(17)10-4-3-9(14)7-11(10)15/h3-4,7,13,16H,2,5-6,8H2,1H3. The Labute approximate surface area is 118 Å². The molecule has 1 amide bonds. The van der Waals surface area contributed by atoms with Gasteiger partial charge in [0.2, 0.25) is 5.91 Å². The molecular formula is C13H16F2N2O2S. The zero-order valence-electron chi connectivity index (χ0n) is 11.1. The fourth-order valence-corrected chi connectivity index (χ4v) is 2.77. The molecule has 1 fully saturated rings. The summed E-state index contributed by atoms with van der Waals surface area (Å²) in [6, 6.07) is 3.31. The van der Waals surface area contributed by atoms with E-state index in [1.165, 1.54) is 17.0 Å². The first kappa shape index (κ1) is 15.1. The van der Waals surface area contributed by atoms with E-state index in [4.69, 9.17) is 0 Å². The number of halogens is 2. The summed E-state index contributed by atoms with van der Waals surface area (Å²) in [5.41, 5.74) is 0.245. The Morgan fingerprint density at radius 2 is 2.20 bits per heavy atom. The molecule has 1 aliphatic heterocycles. The van der Waals surface area contributed by atoms with Crippen molar-refractivity contribution in [2.24, 2.45) is 0 Å². The number of nitrogens with zero attached hydrogens (tertiary/aromatic N) is 1. The van der Waals surface area contributed by atoms with Gasteiger partial charge in [0.05, 0.1) is 6.54 Å². The molecule has 2 rings (SSSR count). The van der Waals surface area contributed by atoms with E-state index in [0.29, 0.717) is 18.7 Å². The molecule has 1 N–H and O–H groups in total. The highest BCUT2D eigenvalue weighted by Crippen LogP contribution is 2.25. The fraction of sp³-hybridized carbons (Fsp3) is 0.462. The third-order valence-corrected chi connectivity index (χ3v) is 4.03. The van der Waals surface area contributed by atoms with Gasteiger partial charge in [0.15, 0.2) is 0 Å². The lowest BCUT2D eigenvalue weighted by atomic mass is 10.1. The second-order valence-corrected chi connectivity index (χ2v) is 6.22. The minimum atomic E-state index is -0.922. The molecule has 1 aromatic rings. The van der Waals surface area contributed by atoms with Gasteiger partial charge in [0.1, 0.15) is 17.8 Å². The van der Waals surface area contributed by atoms with Crippen LogP contribution in [0.5, 0.6) is 0 Å². The lowest BCUT2D eigenvalue weighted by Crippen LogP contribution is -2.32. The molecule has 0 bridgehead atoms. The molecule has 110 valence electrons. The lowest BCUT2D eigenvalue weighted by molar-refractivity contribution is -0.128. The van der Waals surface area contributed by atoms with E-state index in [0.717, 1.165) is 6.07 Å². The maximum Gasteiger partial charge on any atom is 0.238 e. The molecule has 1 aliphatic rings. The maximum absolute atomic E-state index is 13.8. The highest BCUT2D eigenvalue weighted by molar-refractivity contribution is 7.84. The van der Waals surface area contributed by atoms with Crippen LogP contribution >= 0.6 is 0 Å². The molecule has 20 heavy (non-hydrogen) atoms. The van der Waals surface area contributed by atoms with Crippen molar-refractivity contribution in [2.45, 2.75) is 12.6 Å². The van der Waals surface area contributed by atoms with E-state index in [2.05, 4.69) is 5.32 Å². The van der Waals surface area contributed by atoms with Crippen LogP contribution in [0.2, 0.25) is 0 Å². The normalized spacial score (nSPS) is 20.4. The average Bonchev–Trinajstić information content (AvgIpc) is 2.71. The average molecular weight is 302 g/mol. The van der Waals surface area contributed by atoms with Gasteiger partial charge in [-0.3, -0.25) is 14.3 Å². The summed E-state index contributed by atoms with van der Waals surface area (Å²) in [5.74, 6) is -0.979. The zero-order chi connectivity index (χ0) is 14.7. The van der Waals surface area contributed by atoms with Gasteiger partial charge in [-0.15, -0.1) is 0 Å². The summed E-state index contributed by atoms with van der Waals surface area (Å²) in [4.78, 5) is 13.3. The predicted molar refractivity (Wildman–Crippen MR) is 72.4 cm³/mol. The maximum atomic E-state index is 13.8. The van der Waals surface area contributed by atoms with Gasteiger partial charge in [-0.05, 0) is 18.6 Å². The second-order valence-electron chi connectivity index (χ2n) is 4.67. The van der Waals surface area contributed by atoms with E-state index in [1.807, 2.05) is 0 Å². The quantitative estimate of drug-likeness (QED) is 0.888. The molecule has 1 saturated heterocycles. The Bertz CT molecular complexity index is 539. The highest BCUT2D eigenvalue weighted by atomic mass is 32.2. The molecular weight excluding hydrogens is 286 g/mol.